The van der Waals surface area contributed by atoms with Crippen LogP contribution in [0.2, 0.25) is 0 Å². The first-order chi connectivity index (χ1) is 17.8. The number of hydrogen-bond acceptors (Lipinski definition) is 13. The molecule has 1 aliphatic rings. The van der Waals surface area contributed by atoms with Crippen LogP contribution in [0.1, 0.15) is 0 Å². The molecule has 13 nitrogen and oxygen atoms in total. The summed E-state index contributed by atoms with van der Waals surface area (Å²) in [5.41, 5.74) is 6.62. The highest BCUT2D eigenvalue weighted by Crippen LogP contribution is 2.22. The summed E-state index contributed by atoms with van der Waals surface area (Å²) in [7, 11) is 0. The Morgan fingerprint density at radius 2 is 1.49 bits per heavy atom. The van der Waals surface area contributed by atoms with Gasteiger partial charge in [0.15, 0.2) is 6.29 Å². The van der Waals surface area contributed by atoms with Crippen molar-refractivity contribution in [2.45, 2.75) is 49.0 Å². The molecule has 2 aromatic rings. The van der Waals surface area contributed by atoms with Crippen molar-refractivity contribution in [2.75, 3.05) is 24.1 Å². The first-order valence-electron chi connectivity index (χ1n) is 11.5. The van der Waals surface area contributed by atoms with Gasteiger partial charge in [0.25, 0.3) is 0 Å². The second kappa shape index (κ2) is 14.1. The lowest BCUT2D eigenvalue weighted by atomic mass is 9.99. The van der Waals surface area contributed by atoms with Crippen molar-refractivity contribution in [1.82, 2.24) is 0 Å². The van der Waals surface area contributed by atoms with Gasteiger partial charge in [0.2, 0.25) is 0 Å². The van der Waals surface area contributed by atoms with Gasteiger partial charge in [-0.25, -0.2) is 0 Å². The summed E-state index contributed by atoms with van der Waals surface area (Å²) in [5.74, 6) is 0. The van der Waals surface area contributed by atoms with E-state index in [0.29, 0.717) is 11.4 Å². The molecule has 1 aliphatic heterocycles. The Labute approximate surface area is 212 Å². The van der Waals surface area contributed by atoms with Crippen molar-refractivity contribution < 1.29 is 45.2 Å². The minimum Gasteiger partial charge on any atom is -0.394 e. The van der Waals surface area contributed by atoms with Crippen molar-refractivity contribution in [3.63, 3.8) is 0 Å². The molecule has 202 valence electrons. The summed E-state index contributed by atoms with van der Waals surface area (Å²) in [6.07, 6.45) is -11.7. The molecule has 0 amide bonds. The van der Waals surface area contributed by atoms with Crippen molar-refractivity contribution in [2.24, 2.45) is 10.2 Å². The number of hydrazone groups is 2. The van der Waals surface area contributed by atoms with Crippen LogP contribution in [0.15, 0.2) is 70.9 Å². The molecule has 1 saturated heterocycles. The predicted molar refractivity (Wildman–Crippen MR) is 134 cm³/mol. The topological polar surface area (TPSA) is 209 Å². The molecule has 0 aliphatic carbocycles. The average Bonchev–Trinajstić information content (AvgIpc) is 2.93. The van der Waals surface area contributed by atoms with Gasteiger partial charge in [-0.05, 0) is 24.3 Å². The summed E-state index contributed by atoms with van der Waals surface area (Å²) in [6, 6.07) is 17.8. The third-order valence-corrected chi connectivity index (χ3v) is 5.55. The number of ether oxygens (including phenoxy) is 2. The number of nitrogens with one attached hydrogen (secondary N) is 2. The maximum absolute atomic E-state index is 10.7. The van der Waals surface area contributed by atoms with Gasteiger partial charge in [0, 0.05) is 0 Å². The number of anilines is 2. The van der Waals surface area contributed by atoms with Crippen LogP contribution < -0.4 is 10.9 Å². The van der Waals surface area contributed by atoms with E-state index in [1.807, 2.05) is 12.1 Å². The fraction of sp³-hybridized carbons (Fsp3) is 0.417. The first-order valence-corrected chi connectivity index (χ1v) is 11.5. The van der Waals surface area contributed by atoms with Gasteiger partial charge in [-0.2, -0.15) is 10.2 Å². The molecule has 0 bridgehead atoms. The van der Waals surface area contributed by atoms with Crippen LogP contribution >= 0.6 is 0 Å². The molecule has 37 heavy (non-hydrogen) atoms. The maximum atomic E-state index is 10.7. The van der Waals surface area contributed by atoms with Gasteiger partial charge in [-0.1, -0.05) is 36.4 Å². The van der Waals surface area contributed by atoms with E-state index in [2.05, 4.69) is 21.1 Å². The van der Waals surface area contributed by atoms with Crippen LogP contribution in [-0.4, -0.2) is 110 Å². The molecule has 0 radical (unpaired) electrons. The van der Waals surface area contributed by atoms with Crippen LogP contribution in [0.25, 0.3) is 0 Å². The number of nitrogens with zero attached hydrogens (tertiary/aromatic N) is 2. The van der Waals surface area contributed by atoms with Gasteiger partial charge < -0.3 is 45.2 Å². The summed E-state index contributed by atoms with van der Waals surface area (Å²) >= 11 is 0. The molecule has 2 aromatic carbocycles. The zero-order valence-electron chi connectivity index (χ0n) is 19.7. The van der Waals surface area contributed by atoms with Crippen LogP contribution in [0.3, 0.4) is 0 Å². The number of benzene rings is 2. The molecule has 0 spiro atoms. The van der Waals surface area contributed by atoms with Gasteiger partial charge in [0.1, 0.15) is 48.4 Å². The average molecular weight is 521 g/mol. The Kier molecular flexibility index (Phi) is 10.9. The highest BCUT2D eigenvalue weighted by Gasteiger charge is 2.44. The normalized spacial score (nSPS) is 27.0. The SMILES string of the molecule is OCC1OC(OCC(O)C(O)C(O)C(/C=N/Nc2ccccc2)=N/Nc2ccccc2)C(O)C(O)C1O. The van der Waals surface area contributed by atoms with Crippen LogP contribution in [0.5, 0.6) is 0 Å². The Bertz CT molecular complexity index is 996. The summed E-state index contributed by atoms with van der Waals surface area (Å²) in [6.45, 7) is -1.29. The van der Waals surface area contributed by atoms with Crippen LogP contribution in [0, 0.1) is 0 Å². The summed E-state index contributed by atoms with van der Waals surface area (Å²) in [4.78, 5) is 0. The Hall–Kier alpha value is -2.98. The standard InChI is InChI=1S/C24H32N4O9/c29-12-18-21(33)22(34)23(35)24(37-18)36-13-17(30)20(32)19(31)16(28-27-15-9-5-2-6-10-15)11-25-26-14-7-3-1-4-8-14/h1-11,17-24,26-27,29-35H,12-13H2/b25-11+,28-16+. The highest BCUT2D eigenvalue weighted by molar-refractivity contribution is 6.33. The number of aliphatic hydroxyl groups excluding tert-OH is 7. The van der Waals surface area contributed by atoms with Crippen molar-refractivity contribution in [1.29, 1.82) is 0 Å². The molecule has 3 rings (SSSR count). The fourth-order valence-corrected chi connectivity index (χ4v) is 3.38. The lowest BCUT2D eigenvalue weighted by molar-refractivity contribution is -0.306. The molecular weight excluding hydrogens is 488 g/mol. The first kappa shape index (κ1) is 28.6. The van der Waals surface area contributed by atoms with Gasteiger partial charge in [-0.3, -0.25) is 10.9 Å². The quantitative estimate of drug-likeness (QED) is 0.116. The van der Waals surface area contributed by atoms with E-state index in [9.17, 15) is 35.7 Å². The largest absolute Gasteiger partial charge is 0.394 e. The second-order valence-electron chi connectivity index (χ2n) is 8.28. The lowest BCUT2D eigenvalue weighted by Gasteiger charge is -2.40. The fourth-order valence-electron chi connectivity index (χ4n) is 3.38. The van der Waals surface area contributed by atoms with E-state index in [-0.39, 0.29) is 5.71 Å². The lowest BCUT2D eigenvalue weighted by Crippen LogP contribution is -2.59. The molecule has 1 fully saturated rings. The van der Waals surface area contributed by atoms with Gasteiger partial charge in [-0.15, -0.1) is 0 Å². The number of rotatable bonds is 12. The van der Waals surface area contributed by atoms with Crippen LogP contribution in [0.4, 0.5) is 11.4 Å². The summed E-state index contributed by atoms with van der Waals surface area (Å²) < 4.78 is 10.5. The molecule has 0 saturated carbocycles. The van der Waals surface area contributed by atoms with E-state index in [1.54, 1.807) is 48.5 Å². The third kappa shape index (κ3) is 8.00. The summed E-state index contributed by atoms with van der Waals surface area (Å²) in [5, 5.41) is 78.8. The predicted octanol–water partition coefficient (Wildman–Crippen LogP) is -1.55. The zero-order valence-corrected chi connectivity index (χ0v) is 19.7. The van der Waals surface area contributed by atoms with E-state index in [1.165, 1.54) is 6.21 Å². The molecular formula is C24H32N4O9. The Morgan fingerprint density at radius 1 is 0.892 bits per heavy atom. The van der Waals surface area contributed by atoms with E-state index >= 15 is 0 Å². The van der Waals surface area contributed by atoms with Crippen LogP contribution in [-0.2, 0) is 9.47 Å². The highest BCUT2D eigenvalue weighted by atomic mass is 16.7. The van der Waals surface area contributed by atoms with Gasteiger partial charge >= 0.3 is 0 Å². The third-order valence-electron chi connectivity index (χ3n) is 5.55. The smallest absolute Gasteiger partial charge is 0.186 e. The van der Waals surface area contributed by atoms with Crippen molar-refractivity contribution in [3.05, 3.63) is 60.7 Å². The Balaban J connectivity index is 1.66. The van der Waals surface area contributed by atoms with E-state index in [0.717, 1.165) is 0 Å². The van der Waals surface area contributed by atoms with E-state index < -0.39 is 62.2 Å². The number of para-hydroxylation sites is 2. The Morgan fingerprint density at radius 3 is 2.08 bits per heavy atom. The molecule has 9 N–H and O–H groups in total. The number of aliphatic hydroxyl groups is 7. The van der Waals surface area contributed by atoms with E-state index in [4.69, 9.17) is 9.47 Å². The zero-order chi connectivity index (χ0) is 26.8. The maximum Gasteiger partial charge on any atom is 0.186 e. The van der Waals surface area contributed by atoms with Crippen molar-refractivity contribution in [3.8, 4) is 0 Å². The molecule has 8 unspecified atom stereocenters. The second-order valence-corrected chi connectivity index (χ2v) is 8.28. The molecule has 0 aromatic heterocycles. The van der Waals surface area contributed by atoms with Crippen molar-refractivity contribution >= 4 is 23.3 Å². The monoisotopic (exact) mass is 520 g/mol. The minimum atomic E-state index is -1.82. The van der Waals surface area contributed by atoms with Gasteiger partial charge in [0.05, 0.1) is 30.8 Å². The minimum absolute atomic E-state index is 0.133. The number of hydrogen-bond donors (Lipinski definition) is 9. The molecule has 1 heterocycles. The molecule has 13 heteroatoms. The molecule has 8 atom stereocenters.